The summed E-state index contributed by atoms with van der Waals surface area (Å²) < 4.78 is 36.9. The number of nitrogens with zero attached hydrogens (tertiary/aromatic N) is 1. The van der Waals surface area contributed by atoms with E-state index in [9.17, 15) is 23.7 Å². The molecule has 0 radical (unpaired) electrons. The molecule has 0 spiro atoms. The first kappa shape index (κ1) is 13.3. The summed E-state index contributed by atoms with van der Waals surface area (Å²) in [5.74, 6) is -4.00. The number of hydrogen-bond acceptors (Lipinski definition) is 5. The van der Waals surface area contributed by atoms with E-state index in [0.717, 1.165) is 0 Å². The van der Waals surface area contributed by atoms with Gasteiger partial charge in [0.15, 0.2) is 0 Å². The van der Waals surface area contributed by atoms with Gasteiger partial charge in [-0.05, 0) is 6.07 Å². The van der Waals surface area contributed by atoms with Crippen molar-refractivity contribution in [3.8, 4) is 0 Å². The maximum atomic E-state index is 13.7. The maximum Gasteiger partial charge on any atom is 0.344 e. The lowest BCUT2D eigenvalue weighted by atomic mass is 10.1. The number of nitro benzene ring substituents is 1. The molecule has 1 fully saturated rings. The number of rotatable bonds is 3. The van der Waals surface area contributed by atoms with Gasteiger partial charge in [0.05, 0.1) is 18.1 Å². The minimum Gasteiger partial charge on any atom is -0.456 e. The summed E-state index contributed by atoms with van der Waals surface area (Å²) in [7, 11) is 0. The molecule has 1 aromatic carbocycles. The molecule has 0 saturated carbocycles. The van der Waals surface area contributed by atoms with Crippen LogP contribution in [0, 0.1) is 21.7 Å². The van der Waals surface area contributed by atoms with Gasteiger partial charge in [-0.25, -0.2) is 9.18 Å². The normalized spacial score (nSPS) is 18.3. The molecule has 1 aliphatic rings. The third-order valence-corrected chi connectivity index (χ3v) is 2.63. The lowest BCUT2D eigenvalue weighted by Crippen LogP contribution is -2.20. The number of carbonyl (C=O) groups is 1. The van der Waals surface area contributed by atoms with Gasteiger partial charge in [0.25, 0.3) is 0 Å². The van der Waals surface area contributed by atoms with E-state index in [-0.39, 0.29) is 6.61 Å². The molecule has 0 aliphatic carbocycles. The fourth-order valence-corrected chi connectivity index (χ4v) is 1.69. The highest BCUT2D eigenvalue weighted by Crippen LogP contribution is 2.24. The standard InChI is InChI=1S/C11H9F2NO5/c12-7-1-2-8(14(16)17)10(13)9(7)11(15)19-6-3-4-18-5-6/h1-2,6H,3-5H2. The summed E-state index contributed by atoms with van der Waals surface area (Å²) in [6.45, 7) is 0.530. The van der Waals surface area contributed by atoms with E-state index in [1.165, 1.54) is 0 Å². The highest BCUT2D eigenvalue weighted by Gasteiger charge is 2.29. The number of esters is 1. The van der Waals surface area contributed by atoms with Crippen molar-refractivity contribution >= 4 is 11.7 Å². The van der Waals surface area contributed by atoms with Crippen molar-refractivity contribution in [2.24, 2.45) is 0 Å². The number of nitro groups is 1. The van der Waals surface area contributed by atoms with Crippen LogP contribution in [0.2, 0.25) is 0 Å². The molecule has 102 valence electrons. The number of ether oxygens (including phenoxy) is 2. The van der Waals surface area contributed by atoms with E-state index in [0.29, 0.717) is 25.2 Å². The van der Waals surface area contributed by atoms with Gasteiger partial charge in [-0.3, -0.25) is 10.1 Å². The second-order valence-electron chi connectivity index (χ2n) is 3.90. The Hall–Kier alpha value is -2.09. The van der Waals surface area contributed by atoms with E-state index in [2.05, 4.69) is 0 Å². The average Bonchev–Trinajstić information content (AvgIpc) is 2.81. The van der Waals surface area contributed by atoms with E-state index < -0.39 is 39.9 Å². The van der Waals surface area contributed by atoms with Crippen LogP contribution in [0.5, 0.6) is 0 Å². The second kappa shape index (κ2) is 5.27. The van der Waals surface area contributed by atoms with Gasteiger partial charge in [0.1, 0.15) is 17.5 Å². The lowest BCUT2D eigenvalue weighted by Gasteiger charge is -2.10. The first-order valence-corrected chi connectivity index (χ1v) is 5.42. The summed E-state index contributed by atoms with van der Waals surface area (Å²) in [5, 5.41) is 10.5. The first-order chi connectivity index (χ1) is 9.00. The van der Waals surface area contributed by atoms with Crippen molar-refractivity contribution in [1.29, 1.82) is 0 Å². The highest BCUT2D eigenvalue weighted by atomic mass is 19.1. The molecule has 1 atom stereocenters. The third-order valence-electron chi connectivity index (χ3n) is 2.63. The van der Waals surface area contributed by atoms with Gasteiger partial charge < -0.3 is 9.47 Å². The Morgan fingerprint density at radius 1 is 1.47 bits per heavy atom. The molecule has 0 bridgehead atoms. The van der Waals surface area contributed by atoms with Crippen LogP contribution in [0.1, 0.15) is 16.8 Å². The van der Waals surface area contributed by atoms with Crippen LogP contribution in [-0.4, -0.2) is 30.2 Å². The Morgan fingerprint density at radius 2 is 2.21 bits per heavy atom. The van der Waals surface area contributed by atoms with E-state index >= 15 is 0 Å². The summed E-state index contributed by atoms with van der Waals surface area (Å²) in [6.07, 6.45) is -0.172. The molecule has 0 amide bonds. The zero-order valence-electron chi connectivity index (χ0n) is 9.60. The lowest BCUT2D eigenvalue weighted by molar-refractivity contribution is -0.387. The summed E-state index contributed by atoms with van der Waals surface area (Å²) in [5.41, 5.74) is -2.03. The van der Waals surface area contributed by atoms with Gasteiger partial charge in [0, 0.05) is 12.5 Å². The van der Waals surface area contributed by atoms with Crippen molar-refractivity contribution in [1.82, 2.24) is 0 Å². The third kappa shape index (κ3) is 2.68. The summed E-state index contributed by atoms with van der Waals surface area (Å²) in [6, 6.07) is 1.31. The highest BCUT2D eigenvalue weighted by molar-refractivity contribution is 5.91. The van der Waals surface area contributed by atoms with Crippen molar-refractivity contribution in [3.05, 3.63) is 39.4 Å². The number of benzene rings is 1. The summed E-state index contributed by atoms with van der Waals surface area (Å²) in [4.78, 5) is 21.1. The van der Waals surface area contributed by atoms with E-state index in [1.807, 2.05) is 0 Å². The summed E-state index contributed by atoms with van der Waals surface area (Å²) >= 11 is 0. The Bertz CT molecular complexity index is 528. The minimum atomic E-state index is -1.53. The Balaban J connectivity index is 2.29. The fourth-order valence-electron chi connectivity index (χ4n) is 1.69. The van der Waals surface area contributed by atoms with Crippen molar-refractivity contribution in [2.45, 2.75) is 12.5 Å². The number of halogens is 2. The van der Waals surface area contributed by atoms with E-state index in [4.69, 9.17) is 9.47 Å². The fraction of sp³-hybridized carbons (Fsp3) is 0.364. The predicted molar refractivity (Wildman–Crippen MR) is 57.7 cm³/mol. The quantitative estimate of drug-likeness (QED) is 0.477. The number of hydrogen-bond donors (Lipinski definition) is 0. The topological polar surface area (TPSA) is 78.7 Å². The average molecular weight is 273 g/mol. The molecule has 6 nitrogen and oxygen atoms in total. The Kier molecular flexibility index (Phi) is 3.70. The van der Waals surface area contributed by atoms with Crippen LogP contribution in [0.15, 0.2) is 12.1 Å². The molecular formula is C11H9F2NO5. The van der Waals surface area contributed by atoms with Gasteiger partial charge in [-0.15, -0.1) is 0 Å². The van der Waals surface area contributed by atoms with Crippen molar-refractivity contribution < 1.29 is 28.0 Å². The second-order valence-corrected chi connectivity index (χ2v) is 3.90. The van der Waals surface area contributed by atoms with Gasteiger partial charge >= 0.3 is 11.7 Å². The zero-order valence-corrected chi connectivity index (χ0v) is 9.60. The van der Waals surface area contributed by atoms with Crippen LogP contribution >= 0.6 is 0 Å². The molecule has 19 heavy (non-hydrogen) atoms. The molecule has 1 saturated heterocycles. The molecule has 0 N–H and O–H groups in total. The van der Waals surface area contributed by atoms with Crippen molar-refractivity contribution in [2.75, 3.05) is 13.2 Å². The molecule has 1 heterocycles. The molecule has 1 aliphatic heterocycles. The minimum absolute atomic E-state index is 0.143. The molecular weight excluding hydrogens is 264 g/mol. The van der Waals surface area contributed by atoms with Gasteiger partial charge in [-0.1, -0.05) is 0 Å². The van der Waals surface area contributed by atoms with Crippen LogP contribution in [0.25, 0.3) is 0 Å². The largest absolute Gasteiger partial charge is 0.456 e. The van der Waals surface area contributed by atoms with E-state index in [1.54, 1.807) is 0 Å². The SMILES string of the molecule is O=C(OC1CCOC1)c1c(F)ccc([N+](=O)[O-])c1F. The maximum absolute atomic E-state index is 13.7. The molecule has 1 aromatic rings. The first-order valence-electron chi connectivity index (χ1n) is 5.42. The Labute approximate surface area is 106 Å². The Morgan fingerprint density at radius 3 is 2.79 bits per heavy atom. The molecule has 0 aromatic heterocycles. The smallest absolute Gasteiger partial charge is 0.344 e. The van der Waals surface area contributed by atoms with Crippen LogP contribution in [-0.2, 0) is 9.47 Å². The van der Waals surface area contributed by atoms with Crippen molar-refractivity contribution in [3.63, 3.8) is 0 Å². The molecule has 1 unspecified atom stereocenters. The monoisotopic (exact) mass is 273 g/mol. The van der Waals surface area contributed by atoms with Crippen LogP contribution < -0.4 is 0 Å². The van der Waals surface area contributed by atoms with Gasteiger partial charge in [-0.2, -0.15) is 4.39 Å². The van der Waals surface area contributed by atoms with Crippen LogP contribution in [0.4, 0.5) is 14.5 Å². The number of carbonyl (C=O) groups excluding carboxylic acids is 1. The van der Waals surface area contributed by atoms with Crippen LogP contribution in [0.3, 0.4) is 0 Å². The molecule has 8 heteroatoms. The van der Waals surface area contributed by atoms with Gasteiger partial charge in [0.2, 0.25) is 5.82 Å². The predicted octanol–water partition coefficient (Wildman–Crippen LogP) is 1.82. The molecule has 2 rings (SSSR count). The zero-order chi connectivity index (χ0) is 14.0.